The van der Waals surface area contributed by atoms with Gasteiger partial charge in [-0.05, 0) is 62.5 Å². The van der Waals surface area contributed by atoms with Crippen molar-refractivity contribution >= 4 is 38.5 Å². The molecule has 1 aromatic carbocycles. The van der Waals surface area contributed by atoms with E-state index in [-0.39, 0.29) is 34.1 Å². The third-order valence-corrected chi connectivity index (χ3v) is 7.72. The Morgan fingerprint density at radius 3 is 2.69 bits per heavy atom. The summed E-state index contributed by atoms with van der Waals surface area (Å²) in [5.74, 6) is 0.883. The molecule has 4 aliphatic carbocycles. The number of nitriles is 1. The van der Waals surface area contributed by atoms with Gasteiger partial charge in [0.1, 0.15) is 18.2 Å². The number of aromatic amines is 1. The molecule has 4 fully saturated rings. The standard InChI is InChI=1S/C22H22BrN3O3/c23-22-8-13-5-14(9-22)7-21(6-13,12-22)20(28)29-11-18(27)15(10-24)19-25-16-3-1-2-4-17(16)26-19/h1-4,13-14,27H,5-9,11-12H2,(H,25,26)/b18-15-. The number of fused-ring (bicyclic) bond motifs is 1. The molecule has 4 saturated carbocycles. The Labute approximate surface area is 177 Å². The number of para-hydroxylation sites is 2. The first kappa shape index (κ1) is 18.7. The van der Waals surface area contributed by atoms with Gasteiger partial charge in [0, 0.05) is 4.32 Å². The van der Waals surface area contributed by atoms with Crippen LogP contribution in [0.15, 0.2) is 30.0 Å². The minimum atomic E-state index is -0.458. The van der Waals surface area contributed by atoms with E-state index in [9.17, 15) is 15.2 Å². The first-order chi connectivity index (χ1) is 13.9. The number of aliphatic hydroxyl groups is 1. The summed E-state index contributed by atoms with van der Waals surface area (Å²) in [5, 5.41) is 20.0. The second-order valence-electron chi connectivity index (χ2n) is 9.00. The second kappa shape index (κ2) is 6.60. The van der Waals surface area contributed by atoms with Crippen LogP contribution in [0.1, 0.15) is 44.3 Å². The molecule has 2 aromatic rings. The van der Waals surface area contributed by atoms with E-state index >= 15 is 0 Å². The summed E-state index contributed by atoms with van der Waals surface area (Å²) in [6.07, 6.45) is 6.01. The van der Waals surface area contributed by atoms with Crippen LogP contribution >= 0.6 is 15.9 Å². The van der Waals surface area contributed by atoms with Gasteiger partial charge in [-0.1, -0.05) is 28.1 Å². The number of H-pyrrole nitrogens is 1. The number of imidazole rings is 1. The number of nitrogens with one attached hydrogen (secondary N) is 1. The lowest BCUT2D eigenvalue weighted by Crippen LogP contribution is -2.56. The predicted molar refractivity (Wildman–Crippen MR) is 111 cm³/mol. The number of rotatable bonds is 4. The highest BCUT2D eigenvalue weighted by Gasteiger charge is 2.60. The number of benzene rings is 1. The summed E-state index contributed by atoms with van der Waals surface area (Å²) < 4.78 is 5.61. The lowest BCUT2D eigenvalue weighted by Gasteiger charge is -2.58. The molecule has 0 amide bonds. The Morgan fingerprint density at radius 1 is 1.31 bits per heavy atom. The van der Waals surface area contributed by atoms with Crippen LogP contribution in [0, 0.1) is 28.6 Å². The van der Waals surface area contributed by atoms with Gasteiger partial charge in [0.05, 0.1) is 16.4 Å². The van der Waals surface area contributed by atoms with Gasteiger partial charge in [-0.3, -0.25) is 4.79 Å². The summed E-state index contributed by atoms with van der Waals surface area (Å²) in [6, 6.07) is 9.37. The molecule has 2 N–H and O–H groups in total. The molecule has 0 radical (unpaired) electrons. The summed E-state index contributed by atoms with van der Waals surface area (Å²) in [7, 11) is 0. The molecule has 4 aliphatic rings. The summed E-state index contributed by atoms with van der Waals surface area (Å²) >= 11 is 3.90. The van der Waals surface area contributed by atoms with E-state index < -0.39 is 5.41 Å². The number of ether oxygens (including phenoxy) is 1. The van der Waals surface area contributed by atoms with Crippen molar-refractivity contribution in [1.82, 2.24) is 9.97 Å². The normalized spacial score (nSPS) is 33.4. The minimum Gasteiger partial charge on any atom is -0.507 e. The molecule has 2 atom stereocenters. The molecule has 7 heteroatoms. The van der Waals surface area contributed by atoms with Gasteiger partial charge < -0.3 is 14.8 Å². The van der Waals surface area contributed by atoms with Crippen molar-refractivity contribution in [3.8, 4) is 6.07 Å². The Bertz CT molecular complexity index is 1020. The van der Waals surface area contributed by atoms with E-state index in [1.165, 1.54) is 6.42 Å². The van der Waals surface area contributed by atoms with Crippen LogP contribution in [0.4, 0.5) is 0 Å². The highest BCUT2D eigenvalue weighted by Crippen LogP contribution is 2.64. The van der Waals surface area contributed by atoms with Crippen molar-refractivity contribution in [3.63, 3.8) is 0 Å². The Hall–Kier alpha value is -2.33. The average molecular weight is 456 g/mol. The zero-order valence-electron chi connectivity index (χ0n) is 15.9. The molecular formula is C22H22BrN3O3. The highest BCUT2D eigenvalue weighted by molar-refractivity contribution is 9.10. The number of carbonyl (C=O) groups excluding carboxylic acids is 1. The summed E-state index contributed by atoms with van der Waals surface area (Å²) in [4.78, 5) is 20.4. The van der Waals surface area contributed by atoms with Crippen molar-refractivity contribution in [1.29, 1.82) is 5.26 Å². The zero-order valence-corrected chi connectivity index (χ0v) is 17.5. The SMILES string of the molecule is N#C/C(=C(/O)COC(=O)C12CC3CC(CC(Br)(C3)C1)C2)c1nc2ccccc2[nH]1. The molecule has 0 spiro atoms. The number of carbonyl (C=O) groups is 1. The van der Waals surface area contributed by atoms with Gasteiger partial charge in [0.2, 0.25) is 0 Å². The predicted octanol–water partition coefficient (Wildman–Crippen LogP) is 4.63. The number of allylic oxidation sites excluding steroid dienone is 1. The zero-order chi connectivity index (χ0) is 20.2. The van der Waals surface area contributed by atoms with Crippen molar-refractivity contribution in [2.24, 2.45) is 17.3 Å². The lowest BCUT2D eigenvalue weighted by atomic mass is 9.49. The van der Waals surface area contributed by atoms with Gasteiger partial charge in [-0.15, -0.1) is 0 Å². The first-order valence-corrected chi connectivity index (χ1v) is 10.8. The van der Waals surface area contributed by atoms with Gasteiger partial charge >= 0.3 is 5.97 Å². The number of halogens is 1. The minimum absolute atomic E-state index is 0.00326. The molecule has 0 saturated heterocycles. The number of alkyl halides is 1. The van der Waals surface area contributed by atoms with Crippen LogP contribution in [0.25, 0.3) is 16.6 Å². The average Bonchev–Trinajstić information content (AvgIpc) is 3.08. The Balaban J connectivity index is 1.35. The van der Waals surface area contributed by atoms with E-state index in [1.54, 1.807) is 0 Å². The molecule has 6 rings (SSSR count). The first-order valence-electron chi connectivity index (χ1n) is 10.0. The highest BCUT2D eigenvalue weighted by atomic mass is 79.9. The lowest BCUT2D eigenvalue weighted by molar-refractivity contribution is -0.169. The number of aromatic nitrogens is 2. The van der Waals surface area contributed by atoms with E-state index in [2.05, 4.69) is 25.9 Å². The summed E-state index contributed by atoms with van der Waals surface area (Å²) in [5.41, 5.74) is 1.02. The second-order valence-corrected chi connectivity index (χ2v) is 10.7. The van der Waals surface area contributed by atoms with Crippen molar-refractivity contribution < 1.29 is 14.6 Å². The third-order valence-electron chi connectivity index (χ3n) is 6.79. The number of esters is 1. The number of nitrogens with zero attached hydrogens (tertiary/aromatic N) is 2. The number of hydrogen-bond donors (Lipinski definition) is 2. The van der Waals surface area contributed by atoms with E-state index in [0.29, 0.717) is 17.4 Å². The van der Waals surface area contributed by atoms with Gasteiger partial charge in [0.25, 0.3) is 0 Å². The molecule has 2 unspecified atom stereocenters. The molecule has 6 nitrogen and oxygen atoms in total. The quantitative estimate of drug-likeness (QED) is 0.303. The smallest absolute Gasteiger partial charge is 0.312 e. The fourth-order valence-electron chi connectivity index (χ4n) is 6.07. The molecule has 0 aliphatic heterocycles. The molecule has 150 valence electrons. The molecule has 29 heavy (non-hydrogen) atoms. The fraction of sp³-hybridized carbons (Fsp3) is 0.500. The monoisotopic (exact) mass is 455 g/mol. The topological polar surface area (TPSA) is 99.0 Å². The number of hydrogen-bond acceptors (Lipinski definition) is 5. The Morgan fingerprint density at radius 2 is 2.03 bits per heavy atom. The summed E-state index contributed by atoms with van der Waals surface area (Å²) in [6.45, 7) is -0.314. The largest absolute Gasteiger partial charge is 0.507 e. The maximum Gasteiger partial charge on any atom is 0.312 e. The van der Waals surface area contributed by atoms with E-state index in [0.717, 1.165) is 37.6 Å². The molecule has 1 aromatic heterocycles. The van der Waals surface area contributed by atoms with Gasteiger partial charge in [-0.2, -0.15) is 5.26 Å². The van der Waals surface area contributed by atoms with Crippen molar-refractivity contribution in [2.45, 2.75) is 42.8 Å². The van der Waals surface area contributed by atoms with Crippen molar-refractivity contribution in [3.05, 3.63) is 35.8 Å². The fourth-order valence-corrected chi connectivity index (χ4v) is 7.53. The Kier molecular flexibility index (Phi) is 4.25. The number of aliphatic hydroxyl groups excluding tert-OH is 1. The van der Waals surface area contributed by atoms with E-state index in [1.807, 2.05) is 30.3 Å². The maximum atomic E-state index is 13.0. The molecular weight excluding hydrogens is 434 g/mol. The maximum absolute atomic E-state index is 13.0. The van der Waals surface area contributed by atoms with Crippen LogP contribution in [0.3, 0.4) is 0 Å². The molecule has 4 bridgehead atoms. The molecule has 1 heterocycles. The third kappa shape index (κ3) is 3.14. The van der Waals surface area contributed by atoms with Crippen LogP contribution in [0.2, 0.25) is 0 Å². The van der Waals surface area contributed by atoms with Crippen LogP contribution < -0.4 is 0 Å². The van der Waals surface area contributed by atoms with Crippen LogP contribution in [-0.4, -0.2) is 32.0 Å². The van der Waals surface area contributed by atoms with Crippen molar-refractivity contribution in [2.75, 3.05) is 6.61 Å². The van der Waals surface area contributed by atoms with Gasteiger partial charge in [-0.25, -0.2) is 4.98 Å². The van der Waals surface area contributed by atoms with Crippen LogP contribution in [-0.2, 0) is 9.53 Å². The van der Waals surface area contributed by atoms with Gasteiger partial charge in [0.15, 0.2) is 11.6 Å². The van der Waals surface area contributed by atoms with E-state index in [4.69, 9.17) is 4.74 Å². The van der Waals surface area contributed by atoms with Crippen LogP contribution in [0.5, 0.6) is 0 Å².